The van der Waals surface area contributed by atoms with E-state index in [1.54, 1.807) is 0 Å². The maximum absolute atomic E-state index is 12.0. The Bertz CT molecular complexity index is 470. The molecule has 1 atom stereocenters. The maximum atomic E-state index is 12.0. The van der Waals surface area contributed by atoms with Crippen molar-refractivity contribution in [2.75, 3.05) is 0 Å². The highest BCUT2D eigenvalue weighted by Crippen LogP contribution is 2.28. The van der Waals surface area contributed by atoms with Crippen molar-refractivity contribution in [3.05, 3.63) is 34.9 Å². The average molecular weight is 275 g/mol. The third-order valence-electron chi connectivity index (χ3n) is 3.99. The highest BCUT2D eigenvalue weighted by molar-refractivity contribution is 5.76. The van der Waals surface area contributed by atoms with Crippen LogP contribution in [0.15, 0.2) is 18.2 Å². The van der Waals surface area contributed by atoms with Gasteiger partial charge in [-0.1, -0.05) is 44.9 Å². The number of amides is 1. The van der Waals surface area contributed by atoms with Gasteiger partial charge >= 0.3 is 0 Å². The summed E-state index contributed by atoms with van der Waals surface area (Å²) in [5.74, 6) is 0.233. The van der Waals surface area contributed by atoms with E-state index in [-0.39, 0.29) is 12.0 Å². The molecule has 1 N–H and O–H groups in total. The van der Waals surface area contributed by atoms with E-state index in [1.165, 1.54) is 11.1 Å². The third-order valence-corrected chi connectivity index (χ3v) is 3.99. The van der Waals surface area contributed by atoms with Gasteiger partial charge in [0.2, 0.25) is 5.91 Å². The van der Waals surface area contributed by atoms with Crippen LogP contribution in [0.25, 0.3) is 0 Å². The Balaban J connectivity index is 2.04. The summed E-state index contributed by atoms with van der Waals surface area (Å²) in [4.78, 5) is 13.9. The molecule has 0 bridgehead atoms. The summed E-state index contributed by atoms with van der Waals surface area (Å²) >= 11 is 0. The molecule has 3 nitrogen and oxygen atoms in total. The Morgan fingerprint density at radius 1 is 1.25 bits per heavy atom. The van der Waals surface area contributed by atoms with E-state index in [4.69, 9.17) is 0 Å². The van der Waals surface area contributed by atoms with Crippen molar-refractivity contribution < 1.29 is 9.90 Å². The van der Waals surface area contributed by atoms with Crippen LogP contribution in [0.5, 0.6) is 0 Å². The van der Waals surface area contributed by atoms with Gasteiger partial charge in [0.05, 0.1) is 6.10 Å². The Hall–Kier alpha value is -1.35. The van der Waals surface area contributed by atoms with E-state index < -0.39 is 0 Å². The first-order valence-electron chi connectivity index (χ1n) is 7.73. The van der Waals surface area contributed by atoms with Crippen molar-refractivity contribution in [2.24, 2.45) is 0 Å². The highest BCUT2D eigenvalue weighted by atomic mass is 16.3. The molecule has 0 saturated carbocycles. The van der Waals surface area contributed by atoms with Crippen LogP contribution in [0.2, 0.25) is 0 Å². The number of hydrogen-bond donors (Lipinski definition) is 1. The first-order valence-corrected chi connectivity index (χ1v) is 7.73. The third kappa shape index (κ3) is 3.40. The van der Waals surface area contributed by atoms with Crippen LogP contribution in [0, 0.1) is 0 Å². The van der Waals surface area contributed by atoms with Gasteiger partial charge in [0.25, 0.3) is 0 Å². The van der Waals surface area contributed by atoms with Crippen LogP contribution in [0.1, 0.15) is 68.7 Å². The van der Waals surface area contributed by atoms with Crippen LogP contribution in [-0.4, -0.2) is 15.9 Å². The van der Waals surface area contributed by atoms with Crippen molar-refractivity contribution in [3.63, 3.8) is 0 Å². The predicted molar refractivity (Wildman–Crippen MR) is 80.1 cm³/mol. The summed E-state index contributed by atoms with van der Waals surface area (Å²) in [6.07, 6.45) is 4.10. The average Bonchev–Trinajstić information content (AvgIpc) is 2.88. The molecule has 0 saturated heterocycles. The molecule has 0 spiro atoms. The zero-order valence-electron chi connectivity index (χ0n) is 12.6. The smallest absolute Gasteiger partial charge is 0.223 e. The molecule has 0 aliphatic carbocycles. The monoisotopic (exact) mass is 275 g/mol. The zero-order valence-corrected chi connectivity index (χ0v) is 12.6. The number of carbonyl (C=O) groups is 1. The van der Waals surface area contributed by atoms with Gasteiger partial charge in [-0.15, -0.1) is 0 Å². The standard InChI is InChI=1S/C17H25NO2/c1-3-5-7-16(19)13-8-9-14-11-18(12-15(14)10-13)17(20)6-4-2/h8-10,16,19H,3-7,11-12H2,1-2H3. The fraction of sp³-hybridized carbons (Fsp3) is 0.588. The molecule has 20 heavy (non-hydrogen) atoms. The van der Waals surface area contributed by atoms with Gasteiger partial charge in [0, 0.05) is 19.5 Å². The number of hydrogen-bond acceptors (Lipinski definition) is 2. The quantitative estimate of drug-likeness (QED) is 0.862. The lowest BCUT2D eigenvalue weighted by Gasteiger charge is -2.14. The SMILES string of the molecule is CCCCC(O)c1ccc2c(c1)CN(C(=O)CCC)C2. The second kappa shape index (κ2) is 6.89. The van der Waals surface area contributed by atoms with Gasteiger partial charge in [0.1, 0.15) is 0 Å². The van der Waals surface area contributed by atoms with Crippen LogP contribution < -0.4 is 0 Å². The summed E-state index contributed by atoms with van der Waals surface area (Å²) in [6.45, 7) is 5.58. The largest absolute Gasteiger partial charge is 0.388 e. The molecule has 2 rings (SSSR count). The minimum Gasteiger partial charge on any atom is -0.388 e. The fourth-order valence-electron chi connectivity index (χ4n) is 2.73. The molecule has 110 valence electrons. The van der Waals surface area contributed by atoms with Crippen LogP contribution >= 0.6 is 0 Å². The number of carbonyl (C=O) groups excluding carboxylic acids is 1. The van der Waals surface area contributed by atoms with Crippen LogP contribution in [-0.2, 0) is 17.9 Å². The van der Waals surface area contributed by atoms with Crippen molar-refractivity contribution in [1.82, 2.24) is 4.90 Å². The molecule has 1 aliphatic heterocycles. The maximum Gasteiger partial charge on any atom is 0.223 e. The van der Waals surface area contributed by atoms with Gasteiger partial charge in [0.15, 0.2) is 0 Å². The Labute approximate surface area is 121 Å². The summed E-state index contributed by atoms with van der Waals surface area (Å²) in [6, 6.07) is 6.15. The topological polar surface area (TPSA) is 40.5 Å². The number of aliphatic hydroxyl groups excluding tert-OH is 1. The normalized spacial score (nSPS) is 15.2. The molecule has 0 radical (unpaired) electrons. The molecule has 1 amide bonds. The van der Waals surface area contributed by atoms with E-state index >= 15 is 0 Å². The molecule has 1 heterocycles. The highest BCUT2D eigenvalue weighted by Gasteiger charge is 2.23. The Morgan fingerprint density at radius 3 is 2.70 bits per heavy atom. The second-order valence-corrected chi connectivity index (χ2v) is 5.69. The van der Waals surface area contributed by atoms with E-state index in [2.05, 4.69) is 19.1 Å². The number of rotatable bonds is 6. The second-order valence-electron chi connectivity index (χ2n) is 5.69. The summed E-state index contributed by atoms with van der Waals surface area (Å²) in [5, 5.41) is 10.2. The van der Waals surface area contributed by atoms with Crippen LogP contribution in [0.4, 0.5) is 0 Å². The fourth-order valence-corrected chi connectivity index (χ4v) is 2.73. The summed E-state index contributed by atoms with van der Waals surface area (Å²) in [5.41, 5.74) is 3.41. The van der Waals surface area contributed by atoms with Crippen molar-refractivity contribution in [3.8, 4) is 0 Å². The summed E-state index contributed by atoms with van der Waals surface area (Å²) < 4.78 is 0. The minimum absolute atomic E-state index is 0.233. The van der Waals surface area contributed by atoms with E-state index in [0.29, 0.717) is 13.0 Å². The zero-order chi connectivity index (χ0) is 14.5. The number of nitrogens with zero attached hydrogens (tertiary/aromatic N) is 1. The van der Waals surface area contributed by atoms with Gasteiger partial charge in [-0.05, 0) is 29.5 Å². The van der Waals surface area contributed by atoms with Crippen molar-refractivity contribution in [1.29, 1.82) is 0 Å². The van der Waals surface area contributed by atoms with Crippen molar-refractivity contribution in [2.45, 2.75) is 65.1 Å². The molecule has 0 fully saturated rings. The van der Waals surface area contributed by atoms with E-state index in [1.807, 2.05) is 17.9 Å². The molecule has 1 aliphatic rings. The Morgan fingerprint density at radius 2 is 2.00 bits per heavy atom. The number of aliphatic hydroxyl groups is 1. The number of benzene rings is 1. The predicted octanol–water partition coefficient (Wildman–Crippen LogP) is 3.55. The first-order chi connectivity index (χ1) is 9.65. The first kappa shape index (κ1) is 15.0. The molecule has 3 heteroatoms. The minimum atomic E-state index is -0.374. The van der Waals surface area contributed by atoms with Gasteiger partial charge < -0.3 is 10.0 Å². The molecular weight excluding hydrogens is 250 g/mol. The molecule has 1 aromatic rings. The lowest BCUT2D eigenvalue weighted by molar-refractivity contribution is -0.131. The van der Waals surface area contributed by atoms with E-state index in [0.717, 1.165) is 37.8 Å². The van der Waals surface area contributed by atoms with Crippen LogP contribution in [0.3, 0.4) is 0 Å². The Kier molecular flexibility index (Phi) is 5.18. The molecular formula is C17H25NO2. The number of unbranched alkanes of at least 4 members (excludes halogenated alkanes) is 1. The number of fused-ring (bicyclic) bond motifs is 1. The lowest BCUT2D eigenvalue weighted by atomic mass is 10.00. The van der Waals surface area contributed by atoms with E-state index in [9.17, 15) is 9.90 Å². The van der Waals surface area contributed by atoms with Crippen molar-refractivity contribution >= 4 is 5.91 Å². The van der Waals surface area contributed by atoms with Gasteiger partial charge in [-0.25, -0.2) is 0 Å². The molecule has 0 aromatic heterocycles. The summed E-state index contributed by atoms with van der Waals surface area (Å²) in [7, 11) is 0. The lowest BCUT2D eigenvalue weighted by Crippen LogP contribution is -2.24. The molecule has 1 aromatic carbocycles. The molecule has 1 unspecified atom stereocenters. The van der Waals surface area contributed by atoms with Gasteiger partial charge in [-0.2, -0.15) is 0 Å². The van der Waals surface area contributed by atoms with Gasteiger partial charge in [-0.3, -0.25) is 4.79 Å².